The molecule has 0 radical (unpaired) electrons. The van der Waals surface area contributed by atoms with Crippen LogP contribution in [-0.2, 0) is 4.79 Å². The Kier molecular flexibility index (Phi) is 5.99. The number of hydrogen-bond donors (Lipinski definition) is 2. The zero-order valence-electron chi connectivity index (χ0n) is 11.9. The Labute approximate surface area is 114 Å². The van der Waals surface area contributed by atoms with Crippen molar-refractivity contribution in [3.63, 3.8) is 0 Å². The number of carbonyl (C=O) groups is 1. The number of nitrogens with one attached hydrogen (secondary N) is 1. The predicted octanol–water partition coefficient (Wildman–Crippen LogP) is 1.63. The van der Waals surface area contributed by atoms with E-state index < -0.39 is 0 Å². The van der Waals surface area contributed by atoms with Gasteiger partial charge in [-0.15, -0.1) is 0 Å². The average molecular weight is 265 g/mol. The lowest BCUT2D eigenvalue weighted by molar-refractivity contribution is -0.119. The zero-order chi connectivity index (χ0) is 14.3. The second-order valence-electron chi connectivity index (χ2n) is 4.16. The third kappa shape index (κ3) is 4.69. The lowest BCUT2D eigenvalue weighted by Crippen LogP contribution is -2.37. The summed E-state index contributed by atoms with van der Waals surface area (Å²) in [4.78, 5) is 13.6. The van der Waals surface area contributed by atoms with Crippen molar-refractivity contribution in [2.45, 2.75) is 20.8 Å². The summed E-state index contributed by atoms with van der Waals surface area (Å²) in [5, 5.41) is 2.79. The van der Waals surface area contributed by atoms with Gasteiger partial charge in [-0.1, -0.05) is 0 Å². The molecular formula is C14H23N3O2. The van der Waals surface area contributed by atoms with Gasteiger partial charge in [-0.25, -0.2) is 0 Å². The molecule has 0 heterocycles. The first-order valence-corrected chi connectivity index (χ1v) is 6.65. The Morgan fingerprint density at radius 2 is 2.05 bits per heavy atom. The van der Waals surface area contributed by atoms with Crippen molar-refractivity contribution in [3.8, 4) is 5.75 Å². The molecule has 1 aromatic rings. The third-order valence-corrected chi connectivity index (χ3v) is 2.68. The van der Waals surface area contributed by atoms with Gasteiger partial charge in [0.2, 0.25) is 5.91 Å². The van der Waals surface area contributed by atoms with E-state index in [1.54, 1.807) is 6.07 Å². The molecule has 0 atom stereocenters. The number of nitrogens with two attached hydrogens (primary N) is 1. The molecule has 5 nitrogen and oxygen atoms in total. The fourth-order valence-electron chi connectivity index (χ4n) is 1.85. The van der Waals surface area contributed by atoms with Crippen LogP contribution in [-0.4, -0.2) is 32.1 Å². The van der Waals surface area contributed by atoms with Crippen LogP contribution in [0.5, 0.6) is 5.75 Å². The van der Waals surface area contributed by atoms with E-state index >= 15 is 0 Å². The number of nitrogen functional groups attached to an aromatic ring is 1. The normalized spacial score (nSPS) is 10.1. The molecule has 0 aliphatic carbocycles. The number of hydrogen-bond acceptors (Lipinski definition) is 4. The molecule has 0 saturated heterocycles. The molecule has 1 rings (SSSR count). The summed E-state index contributed by atoms with van der Waals surface area (Å²) in [7, 11) is 0. The molecule has 0 aliphatic heterocycles. The minimum atomic E-state index is 0.00438. The number of amides is 1. The molecule has 106 valence electrons. The summed E-state index contributed by atoms with van der Waals surface area (Å²) < 4.78 is 5.47. The lowest BCUT2D eigenvalue weighted by Gasteiger charge is -2.23. The highest BCUT2D eigenvalue weighted by molar-refractivity contribution is 5.81. The predicted molar refractivity (Wildman–Crippen MR) is 78.6 cm³/mol. The maximum absolute atomic E-state index is 11.7. The van der Waals surface area contributed by atoms with Crippen LogP contribution < -0.4 is 20.7 Å². The van der Waals surface area contributed by atoms with Crippen molar-refractivity contribution >= 4 is 17.3 Å². The number of ether oxygens (including phenoxy) is 1. The van der Waals surface area contributed by atoms with E-state index in [2.05, 4.69) is 5.32 Å². The fourth-order valence-corrected chi connectivity index (χ4v) is 1.85. The molecular weight excluding hydrogens is 242 g/mol. The quantitative estimate of drug-likeness (QED) is 0.735. The van der Waals surface area contributed by atoms with Crippen LogP contribution in [0.4, 0.5) is 11.4 Å². The third-order valence-electron chi connectivity index (χ3n) is 2.68. The molecule has 0 aromatic heterocycles. The molecule has 0 unspecified atom stereocenters. The van der Waals surface area contributed by atoms with Crippen molar-refractivity contribution < 1.29 is 9.53 Å². The molecule has 0 aliphatic rings. The van der Waals surface area contributed by atoms with E-state index in [9.17, 15) is 4.79 Å². The number of benzene rings is 1. The number of likely N-dealkylation sites (N-methyl/N-ethyl adjacent to an activating group) is 2. The molecule has 0 spiro atoms. The molecule has 5 heteroatoms. The van der Waals surface area contributed by atoms with Gasteiger partial charge in [0.1, 0.15) is 5.75 Å². The average Bonchev–Trinajstić information content (AvgIpc) is 2.36. The number of rotatable bonds is 7. The first-order valence-electron chi connectivity index (χ1n) is 6.65. The van der Waals surface area contributed by atoms with E-state index in [1.807, 2.05) is 37.8 Å². The Morgan fingerprint density at radius 1 is 1.32 bits per heavy atom. The molecule has 1 aromatic carbocycles. The molecule has 19 heavy (non-hydrogen) atoms. The number of anilines is 2. The summed E-state index contributed by atoms with van der Waals surface area (Å²) in [5.74, 6) is 0.733. The van der Waals surface area contributed by atoms with Crippen molar-refractivity contribution in [1.82, 2.24) is 5.32 Å². The van der Waals surface area contributed by atoms with Gasteiger partial charge < -0.3 is 20.7 Å². The Hall–Kier alpha value is -1.91. The summed E-state index contributed by atoms with van der Waals surface area (Å²) in [6, 6.07) is 5.54. The molecule has 0 fully saturated rings. The number of carbonyl (C=O) groups excluding carboxylic acids is 1. The van der Waals surface area contributed by atoms with Crippen LogP contribution in [0.15, 0.2) is 18.2 Å². The van der Waals surface area contributed by atoms with Gasteiger partial charge in [0, 0.05) is 36.6 Å². The maximum atomic E-state index is 11.7. The van der Waals surface area contributed by atoms with Gasteiger partial charge >= 0.3 is 0 Å². The second-order valence-corrected chi connectivity index (χ2v) is 4.16. The highest BCUT2D eigenvalue weighted by Crippen LogP contribution is 2.25. The van der Waals surface area contributed by atoms with Crippen LogP contribution in [0.25, 0.3) is 0 Å². The smallest absolute Gasteiger partial charge is 0.239 e. The molecule has 0 bridgehead atoms. The molecule has 3 N–H and O–H groups in total. The summed E-state index contributed by atoms with van der Waals surface area (Å²) >= 11 is 0. The van der Waals surface area contributed by atoms with E-state index in [4.69, 9.17) is 10.5 Å². The second kappa shape index (κ2) is 7.51. The highest BCUT2D eigenvalue weighted by atomic mass is 16.5. The maximum Gasteiger partial charge on any atom is 0.239 e. The van der Waals surface area contributed by atoms with Crippen LogP contribution in [0.3, 0.4) is 0 Å². The van der Waals surface area contributed by atoms with Crippen molar-refractivity contribution in [3.05, 3.63) is 18.2 Å². The van der Waals surface area contributed by atoms with Gasteiger partial charge in [-0.2, -0.15) is 0 Å². The summed E-state index contributed by atoms with van der Waals surface area (Å²) in [5.41, 5.74) is 7.40. The van der Waals surface area contributed by atoms with Crippen LogP contribution >= 0.6 is 0 Å². The van der Waals surface area contributed by atoms with Gasteiger partial charge in [0.05, 0.1) is 13.2 Å². The largest absolute Gasteiger partial charge is 0.494 e. The standard InChI is InChI=1S/C14H23N3O2/c1-4-16-14(18)10-17(5-2)12-7-11(15)8-13(9-12)19-6-3/h7-9H,4-6,10,15H2,1-3H3,(H,16,18). The van der Waals surface area contributed by atoms with E-state index in [0.717, 1.165) is 18.0 Å². The topological polar surface area (TPSA) is 67.6 Å². The van der Waals surface area contributed by atoms with Crippen LogP contribution in [0, 0.1) is 0 Å². The summed E-state index contributed by atoms with van der Waals surface area (Å²) in [6.07, 6.45) is 0. The minimum absolute atomic E-state index is 0.00438. The summed E-state index contributed by atoms with van der Waals surface area (Å²) in [6.45, 7) is 8.11. The Bertz CT molecular complexity index is 421. The van der Waals surface area contributed by atoms with Gasteiger partial charge in [-0.3, -0.25) is 4.79 Å². The SMILES string of the molecule is CCNC(=O)CN(CC)c1cc(N)cc(OCC)c1. The Balaban J connectivity index is 2.87. The lowest BCUT2D eigenvalue weighted by atomic mass is 10.2. The van der Waals surface area contributed by atoms with Crippen LogP contribution in [0.1, 0.15) is 20.8 Å². The fraction of sp³-hybridized carbons (Fsp3) is 0.500. The first-order chi connectivity index (χ1) is 9.10. The highest BCUT2D eigenvalue weighted by Gasteiger charge is 2.11. The van der Waals surface area contributed by atoms with E-state index in [-0.39, 0.29) is 5.91 Å². The number of nitrogens with zero attached hydrogens (tertiary/aromatic N) is 1. The van der Waals surface area contributed by atoms with E-state index in [1.165, 1.54) is 0 Å². The minimum Gasteiger partial charge on any atom is -0.494 e. The van der Waals surface area contributed by atoms with Gasteiger partial charge in [0.15, 0.2) is 0 Å². The zero-order valence-corrected chi connectivity index (χ0v) is 11.9. The van der Waals surface area contributed by atoms with Gasteiger partial charge in [-0.05, 0) is 26.8 Å². The van der Waals surface area contributed by atoms with E-state index in [0.29, 0.717) is 25.4 Å². The first kappa shape index (κ1) is 15.1. The molecule has 0 saturated carbocycles. The van der Waals surface area contributed by atoms with Crippen molar-refractivity contribution in [1.29, 1.82) is 0 Å². The van der Waals surface area contributed by atoms with Crippen LogP contribution in [0.2, 0.25) is 0 Å². The van der Waals surface area contributed by atoms with Crippen molar-refractivity contribution in [2.24, 2.45) is 0 Å². The molecule has 1 amide bonds. The monoisotopic (exact) mass is 265 g/mol. The Morgan fingerprint density at radius 3 is 2.63 bits per heavy atom. The van der Waals surface area contributed by atoms with Crippen molar-refractivity contribution in [2.75, 3.05) is 36.9 Å². The van der Waals surface area contributed by atoms with Gasteiger partial charge in [0.25, 0.3) is 0 Å².